The van der Waals surface area contributed by atoms with Crippen molar-refractivity contribution in [1.82, 2.24) is 0 Å². The van der Waals surface area contributed by atoms with Gasteiger partial charge in [-0.2, -0.15) is 0 Å². The van der Waals surface area contributed by atoms with Crippen LogP contribution in [0.5, 0.6) is 0 Å². The lowest BCUT2D eigenvalue weighted by atomic mass is 10.3. The van der Waals surface area contributed by atoms with E-state index < -0.39 is 4.92 Å². The van der Waals surface area contributed by atoms with Gasteiger partial charge < -0.3 is 0 Å². The molecular formula is C6H10F5NO2S. The summed E-state index contributed by atoms with van der Waals surface area (Å²) >= 11 is 3.94. The van der Waals surface area contributed by atoms with Crippen LogP contribution in [0.2, 0.25) is 0 Å². The quantitative estimate of drug-likeness (QED) is 0.363. The number of nitro benzene ring substituents is 1. The van der Waals surface area contributed by atoms with Crippen molar-refractivity contribution in [2.24, 2.45) is 0 Å². The number of non-ortho nitro benzene ring substituents is 1. The monoisotopic (exact) mass is 255 g/mol. The summed E-state index contributed by atoms with van der Waals surface area (Å²) in [4.78, 5) is 10.3. The van der Waals surface area contributed by atoms with Crippen LogP contribution in [0.3, 0.4) is 0 Å². The van der Waals surface area contributed by atoms with E-state index in [0.29, 0.717) is 4.90 Å². The van der Waals surface area contributed by atoms with Gasteiger partial charge in [-0.05, 0) is 6.07 Å². The molecule has 0 aromatic heterocycles. The molecule has 0 saturated heterocycles. The van der Waals surface area contributed by atoms with Crippen LogP contribution in [0, 0.1) is 10.1 Å². The number of benzene rings is 1. The SMILES string of the molecule is F.F.F.F.F.O=[N+]([O-])c1cccc(S)c1. The third-order valence-corrected chi connectivity index (χ3v) is 1.32. The van der Waals surface area contributed by atoms with E-state index >= 15 is 0 Å². The summed E-state index contributed by atoms with van der Waals surface area (Å²) < 4.78 is 0. The van der Waals surface area contributed by atoms with Gasteiger partial charge in [0.15, 0.2) is 0 Å². The third kappa shape index (κ3) is 8.94. The molecule has 0 N–H and O–H groups in total. The highest BCUT2D eigenvalue weighted by Crippen LogP contribution is 2.14. The molecule has 15 heavy (non-hydrogen) atoms. The lowest BCUT2D eigenvalue weighted by Crippen LogP contribution is -1.85. The van der Waals surface area contributed by atoms with Crippen molar-refractivity contribution in [3.05, 3.63) is 34.4 Å². The maximum absolute atomic E-state index is 10.1. The predicted molar refractivity (Wildman–Crippen MR) is 52.9 cm³/mol. The van der Waals surface area contributed by atoms with Gasteiger partial charge in [0.05, 0.1) is 4.92 Å². The minimum atomic E-state index is -0.445. The number of hydrogen-bond acceptors (Lipinski definition) is 3. The van der Waals surface area contributed by atoms with E-state index in [1.165, 1.54) is 12.1 Å². The molecule has 0 spiro atoms. The van der Waals surface area contributed by atoms with Crippen LogP contribution in [-0.4, -0.2) is 4.92 Å². The Morgan fingerprint density at radius 1 is 1.07 bits per heavy atom. The average Bonchev–Trinajstić information content (AvgIpc) is 1.88. The van der Waals surface area contributed by atoms with Crippen molar-refractivity contribution < 1.29 is 28.4 Å². The largest absolute Gasteiger partial charge is 0.270 e. The minimum absolute atomic E-state index is 0. The van der Waals surface area contributed by atoms with E-state index in [9.17, 15) is 10.1 Å². The van der Waals surface area contributed by atoms with Gasteiger partial charge in [-0.1, -0.05) is 6.07 Å². The smallest absolute Gasteiger partial charge is 0.269 e. The highest BCUT2D eigenvalue weighted by molar-refractivity contribution is 7.80. The van der Waals surface area contributed by atoms with Crippen LogP contribution in [0.1, 0.15) is 0 Å². The summed E-state index contributed by atoms with van der Waals surface area (Å²) in [6, 6.07) is 6.12. The first-order valence-corrected chi connectivity index (χ1v) is 3.08. The Balaban J connectivity index is -0.0000000667. The number of nitro groups is 1. The van der Waals surface area contributed by atoms with Gasteiger partial charge in [-0.3, -0.25) is 33.6 Å². The maximum atomic E-state index is 10.1. The fraction of sp³-hybridized carbons (Fsp3) is 0. The molecule has 0 aliphatic rings. The Morgan fingerprint density at radius 2 is 1.53 bits per heavy atom. The number of hydrogen-bond donors (Lipinski definition) is 1. The Bertz CT molecular complexity index is 275. The molecule has 0 radical (unpaired) electrons. The van der Waals surface area contributed by atoms with E-state index in [0.717, 1.165) is 0 Å². The van der Waals surface area contributed by atoms with Crippen LogP contribution in [0.4, 0.5) is 29.2 Å². The van der Waals surface area contributed by atoms with E-state index in [1.807, 2.05) is 0 Å². The van der Waals surface area contributed by atoms with Crippen molar-refractivity contribution in [3.8, 4) is 0 Å². The molecule has 0 aliphatic heterocycles. The van der Waals surface area contributed by atoms with Gasteiger partial charge in [0.2, 0.25) is 0 Å². The third-order valence-electron chi connectivity index (χ3n) is 1.04. The standard InChI is InChI=1S/C6H5NO2S.5FH/c8-7(9)5-2-1-3-6(10)4-5;;;;;/h1-4,10H;5*1H. The minimum Gasteiger partial charge on any atom is -0.269 e. The Kier molecular flexibility index (Phi) is 24.6. The average molecular weight is 255 g/mol. The predicted octanol–water partition coefficient (Wildman–Crippen LogP) is 2.65. The lowest BCUT2D eigenvalue weighted by molar-refractivity contribution is -0.385. The van der Waals surface area contributed by atoms with Crippen LogP contribution >= 0.6 is 12.6 Å². The van der Waals surface area contributed by atoms with Gasteiger partial charge in [0.25, 0.3) is 5.69 Å². The Morgan fingerprint density at radius 3 is 1.80 bits per heavy atom. The number of nitrogens with zero attached hydrogens (tertiary/aromatic N) is 1. The normalized spacial score (nSPS) is 6.20. The van der Waals surface area contributed by atoms with Crippen LogP contribution in [0.15, 0.2) is 29.2 Å². The summed E-state index contributed by atoms with van der Waals surface area (Å²) in [5, 5.41) is 10.1. The van der Waals surface area contributed by atoms with E-state index in [2.05, 4.69) is 12.6 Å². The van der Waals surface area contributed by atoms with Crippen molar-refractivity contribution in [2.45, 2.75) is 4.90 Å². The zero-order chi connectivity index (χ0) is 7.56. The first kappa shape index (κ1) is 29.2. The molecule has 0 atom stereocenters. The second-order valence-electron chi connectivity index (χ2n) is 1.78. The van der Waals surface area contributed by atoms with Crippen LogP contribution in [-0.2, 0) is 0 Å². The molecule has 0 aliphatic carbocycles. The summed E-state index contributed by atoms with van der Waals surface area (Å²) in [7, 11) is 0. The summed E-state index contributed by atoms with van der Waals surface area (Å²) in [5.41, 5.74) is 0.0764. The van der Waals surface area contributed by atoms with Crippen molar-refractivity contribution in [2.75, 3.05) is 0 Å². The van der Waals surface area contributed by atoms with Crippen molar-refractivity contribution >= 4 is 18.3 Å². The first-order chi connectivity index (χ1) is 4.70. The number of thiol groups is 1. The second-order valence-corrected chi connectivity index (χ2v) is 2.29. The van der Waals surface area contributed by atoms with E-state index in [4.69, 9.17) is 0 Å². The molecule has 92 valence electrons. The highest BCUT2D eigenvalue weighted by atomic mass is 32.1. The molecule has 0 fully saturated rings. The lowest BCUT2D eigenvalue weighted by Gasteiger charge is -1.90. The second kappa shape index (κ2) is 12.6. The molecule has 0 amide bonds. The molecule has 1 rings (SSSR count). The molecule has 0 heterocycles. The molecule has 0 unspecified atom stereocenters. The fourth-order valence-corrected chi connectivity index (χ4v) is 0.825. The van der Waals surface area contributed by atoms with Crippen LogP contribution in [0.25, 0.3) is 0 Å². The molecule has 1 aromatic rings. The van der Waals surface area contributed by atoms with Gasteiger partial charge >= 0.3 is 0 Å². The zero-order valence-corrected chi connectivity index (χ0v) is 7.96. The van der Waals surface area contributed by atoms with Crippen molar-refractivity contribution in [3.63, 3.8) is 0 Å². The van der Waals surface area contributed by atoms with Gasteiger partial charge in [-0.25, -0.2) is 0 Å². The van der Waals surface area contributed by atoms with Gasteiger partial charge in [-0.15, -0.1) is 12.6 Å². The topological polar surface area (TPSA) is 43.1 Å². The molecule has 0 saturated carbocycles. The Hall–Kier alpha value is -1.38. The zero-order valence-electron chi connectivity index (χ0n) is 7.06. The summed E-state index contributed by atoms with van der Waals surface area (Å²) in [6.07, 6.45) is 0. The molecule has 0 bridgehead atoms. The maximum Gasteiger partial charge on any atom is 0.270 e. The van der Waals surface area contributed by atoms with Crippen LogP contribution < -0.4 is 0 Å². The van der Waals surface area contributed by atoms with Gasteiger partial charge in [0.1, 0.15) is 0 Å². The molecular weight excluding hydrogens is 245 g/mol. The summed E-state index contributed by atoms with van der Waals surface area (Å²) in [5.74, 6) is 0. The highest BCUT2D eigenvalue weighted by Gasteiger charge is 2.02. The first-order valence-electron chi connectivity index (χ1n) is 2.63. The summed E-state index contributed by atoms with van der Waals surface area (Å²) in [6.45, 7) is 0. The van der Waals surface area contributed by atoms with Crippen molar-refractivity contribution in [1.29, 1.82) is 0 Å². The molecule has 3 nitrogen and oxygen atoms in total. The number of rotatable bonds is 1. The Labute approximate surface area is 86.9 Å². The fourth-order valence-electron chi connectivity index (χ4n) is 0.607. The van der Waals surface area contributed by atoms with E-state index in [-0.39, 0.29) is 29.2 Å². The molecule has 1 aromatic carbocycles. The van der Waals surface area contributed by atoms with E-state index in [1.54, 1.807) is 12.1 Å². The van der Waals surface area contributed by atoms with Gasteiger partial charge in [0, 0.05) is 17.0 Å². The number of halogens is 5. The molecule has 9 heteroatoms.